The molecule has 0 N–H and O–H groups in total. The largest absolute Gasteiger partial charge is 0.309 e. The number of hydrogen-bond donors (Lipinski definition) is 0. The minimum Gasteiger partial charge on any atom is -0.309 e. The normalized spacial score (nSPS) is 12.3. The highest BCUT2D eigenvalue weighted by Crippen LogP contribution is 2.48. The minimum atomic E-state index is 0.678. The van der Waals surface area contributed by atoms with Crippen molar-refractivity contribution >= 4 is 171 Å². The van der Waals surface area contributed by atoms with Gasteiger partial charge in [-0.05, 0) is 145 Å². The molecular formula is C80H45N5S3. The van der Waals surface area contributed by atoms with Crippen molar-refractivity contribution in [2.75, 3.05) is 0 Å². The number of fused-ring (bicyclic) bond motifs is 22. The molecule has 13 aromatic carbocycles. The summed E-state index contributed by atoms with van der Waals surface area (Å²) in [5.41, 5.74) is 16.4. The first-order valence-electron chi connectivity index (χ1n) is 29.8. The molecule has 0 bridgehead atoms. The van der Waals surface area contributed by atoms with Crippen LogP contribution in [0.2, 0.25) is 0 Å². The van der Waals surface area contributed by atoms with Crippen molar-refractivity contribution in [2.45, 2.75) is 0 Å². The Morgan fingerprint density at radius 2 is 0.580 bits per heavy atom. The summed E-state index contributed by atoms with van der Waals surface area (Å²) >= 11 is 5.61. The molecule has 7 aromatic heterocycles. The molecule has 0 amide bonds. The average molecular weight is 1170 g/mol. The first kappa shape index (κ1) is 48.5. The minimum absolute atomic E-state index is 0.678. The van der Waals surface area contributed by atoms with Gasteiger partial charge in [-0.2, -0.15) is 0 Å². The van der Waals surface area contributed by atoms with Gasteiger partial charge in [0.05, 0.1) is 44.3 Å². The van der Waals surface area contributed by atoms with E-state index in [0.717, 1.165) is 55.9 Å². The van der Waals surface area contributed by atoms with Crippen LogP contribution >= 0.6 is 34.0 Å². The van der Waals surface area contributed by atoms with Gasteiger partial charge in [0.25, 0.3) is 0 Å². The van der Waals surface area contributed by atoms with E-state index in [-0.39, 0.29) is 0 Å². The zero-order chi connectivity index (χ0) is 57.3. The summed E-state index contributed by atoms with van der Waals surface area (Å²) in [7, 11) is 0. The lowest BCUT2D eigenvalue weighted by Gasteiger charge is -2.14. The Hall–Kier alpha value is -10.7. The van der Waals surface area contributed by atoms with Crippen molar-refractivity contribution in [2.24, 2.45) is 0 Å². The SMILES string of the molecule is c1ccc2c(c1)sc1ccc3c(c4ccccc4n3-c3ccc(-c4ccc5nc(-c6ccc(-n7c8ccccc8c8c9c(ccc87)sc7ccccc79)cc6)nc(-c6ccc(-n7c8ccccc8c8c9c(ccc87)sc7ccccc79)cc6)c5c4)cc3)c12. The lowest BCUT2D eigenvalue weighted by Crippen LogP contribution is -1.98. The molecule has 0 saturated heterocycles. The fraction of sp³-hybridized carbons (Fsp3) is 0. The Kier molecular flexibility index (Phi) is 10.1. The summed E-state index contributed by atoms with van der Waals surface area (Å²) in [4.78, 5) is 11.0. The summed E-state index contributed by atoms with van der Waals surface area (Å²) < 4.78 is 15.1. The summed E-state index contributed by atoms with van der Waals surface area (Å²) in [5, 5.41) is 16.6. The van der Waals surface area contributed by atoms with Crippen molar-refractivity contribution in [1.82, 2.24) is 23.7 Å². The number of thiophene rings is 3. The maximum Gasteiger partial charge on any atom is 0.160 e. The highest BCUT2D eigenvalue weighted by atomic mass is 32.1. The van der Waals surface area contributed by atoms with E-state index in [0.29, 0.717) is 5.82 Å². The van der Waals surface area contributed by atoms with Crippen LogP contribution < -0.4 is 0 Å². The molecule has 0 fully saturated rings. The van der Waals surface area contributed by atoms with Gasteiger partial charge in [0.15, 0.2) is 5.82 Å². The Morgan fingerprint density at radius 3 is 1.00 bits per heavy atom. The molecular weight excluding hydrogens is 1130 g/mol. The second-order valence-electron chi connectivity index (χ2n) is 23.1. The molecule has 88 heavy (non-hydrogen) atoms. The van der Waals surface area contributed by atoms with Crippen molar-refractivity contribution in [3.8, 4) is 50.8 Å². The van der Waals surface area contributed by atoms with Crippen LogP contribution in [-0.2, 0) is 0 Å². The van der Waals surface area contributed by atoms with Crippen molar-refractivity contribution < 1.29 is 0 Å². The predicted molar refractivity (Wildman–Crippen MR) is 378 cm³/mol. The number of rotatable bonds is 6. The van der Waals surface area contributed by atoms with E-state index in [1.54, 1.807) is 0 Å². The third-order valence-corrected chi connectivity index (χ3v) is 21.9. The molecule has 20 rings (SSSR count). The van der Waals surface area contributed by atoms with Crippen LogP contribution in [0.15, 0.2) is 273 Å². The third kappa shape index (κ3) is 6.90. The van der Waals surface area contributed by atoms with Gasteiger partial charge in [-0.1, -0.05) is 140 Å². The van der Waals surface area contributed by atoms with E-state index < -0.39 is 0 Å². The van der Waals surface area contributed by atoms with E-state index in [1.165, 1.54) is 126 Å². The van der Waals surface area contributed by atoms with Gasteiger partial charge >= 0.3 is 0 Å². The second kappa shape index (κ2) is 18.4. The van der Waals surface area contributed by atoms with Crippen LogP contribution in [0.3, 0.4) is 0 Å². The summed E-state index contributed by atoms with van der Waals surface area (Å²) in [6.45, 7) is 0. The van der Waals surface area contributed by atoms with E-state index in [2.05, 4.69) is 287 Å². The van der Waals surface area contributed by atoms with E-state index >= 15 is 0 Å². The Bertz CT molecular complexity index is 6350. The highest BCUT2D eigenvalue weighted by molar-refractivity contribution is 7.27. The molecule has 0 radical (unpaired) electrons. The molecule has 0 aliphatic rings. The van der Waals surface area contributed by atoms with Crippen LogP contribution in [0.25, 0.3) is 188 Å². The maximum atomic E-state index is 5.59. The van der Waals surface area contributed by atoms with Crippen LogP contribution in [0.4, 0.5) is 0 Å². The van der Waals surface area contributed by atoms with Gasteiger partial charge in [0.1, 0.15) is 0 Å². The zero-order valence-corrected chi connectivity index (χ0v) is 49.4. The van der Waals surface area contributed by atoms with Gasteiger partial charge in [-0.3, -0.25) is 0 Å². The van der Waals surface area contributed by atoms with Crippen molar-refractivity contribution in [3.05, 3.63) is 273 Å². The van der Waals surface area contributed by atoms with E-state index in [1.807, 2.05) is 34.0 Å². The molecule has 0 saturated carbocycles. The summed E-state index contributed by atoms with van der Waals surface area (Å²) in [6, 6.07) is 100. The van der Waals surface area contributed by atoms with Gasteiger partial charge in [-0.15, -0.1) is 34.0 Å². The lowest BCUT2D eigenvalue weighted by atomic mass is 9.99. The van der Waals surface area contributed by atoms with Crippen LogP contribution in [0, 0.1) is 0 Å². The number of benzene rings is 13. The summed E-state index contributed by atoms with van der Waals surface area (Å²) in [5.74, 6) is 0.678. The molecule has 0 spiro atoms. The fourth-order valence-corrected chi connectivity index (χ4v) is 18.0. The standard InChI is InChI=1S/C80H45N5S3/c1-7-19-61-53(13-1)73-64(39-42-70-76(73)56-16-4-10-22-67(56)86-70)83(61)50-32-25-46(26-33-50)49-31-38-60-59(45-49)79(47-27-34-51(35-28-47)84-62-20-8-2-14-54(62)74-65(84)40-43-71-77(74)57-17-5-11-23-68(57)87-71)82-80(81-60)48-29-36-52(37-30-48)85-63-21-9-3-15-55(63)75-66(85)41-44-72-78(75)58-18-6-12-24-69(58)88-72/h1-45H. The monoisotopic (exact) mass is 1170 g/mol. The van der Waals surface area contributed by atoms with Crippen molar-refractivity contribution in [3.63, 3.8) is 0 Å². The lowest BCUT2D eigenvalue weighted by molar-refractivity contribution is 1.17. The molecule has 0 aliphatic carbocycles. The quantitative estimate of drug-likeness (QED) is 0.166. The third-order valence-electron chi connectivity index (χ3n) is 18.5. The maximum absolute atomic E-state index is 5.59. The van der Waals surface area contributed by atoms with Crippen LogP contribution in [-0.4, -0.2) is 23.7 Å². The van der Waals surface area contributed by atoms with Crippen molar-refractivity contribution in [1.29, 1.82) is 0 Å². The number of hydrogen-bond acceptors (Lipinski definition) is 5. The first-order valence-corrected chi connectivity index (χ1v) is 32.2. The van der Waals surface area contributed by atoms with Gasteiger partial charge < -0.3 is 13.7 Å². The molecule has 7 heterocycles. The highest BCUT2D eigenvalue weighted by Gasteiger charge is 2.23. The Morgan fingerprint density at radius 1 is 0.227 bits per heavy atom. The molecule has 0 atom stereocenters. The fourth-order valence-electron chi connectivity index (χ4n) is 14.6. The van der Waals surface area contributed by atoms with Crippen LogP contribution in [0.5, 0.6) is 0 Å². The molecule has 408 valence electrons. The molecule has 20 aromatic rings. The summed E-state index contributed by atoms with van der Waals surface area (Å²) in [6.07, 6.45) is 0. The van der Waals surface area contributed by atoms with Crippen LogP contribution in [0.1, 0.15) is 0 Å². The number of para-hydroxylation sites is 3. The molecule has 0 aliphatic heterocycles. The van der Waals surface area contributed by atoms with E-state index in [9.17, 15) is 0 Å². The van der Waals surface area contributed by atoms with E-state index in [4.69, 9.17) is 9.97 Å². The first-order chi connectivity index (χ1) is 43.6. The smallest absolute Gasteiger partial charge is 0.160 e. The predicted octanol–water partition coefficient (Wildman–Crippen LogP) is 23.0. The molecule has 0 unspecified atom stereocenters. The van der Waals surface area contributed by atoms with Gasteiger partial charge in [0, 0.05) is 126 Å². The average Bonchev–Trinajstić information content (AvgIpc) is 1.65. The molecule has 5 nitrogen and oxygen atoms in total. The van der Waals surface area contributed by atoms with Gasteiger partial charge in [-0.25, -0.2) is 9.97 Å². The second-order valence-corrected chi connectivity index (χ2v) is 26.4. The van der Waals surface area contributed by atoms with Gasteiger partial charge in [0.2, 0.25) is 0 Å². The number of nitrogens with zero attached hydrogens (tertiary/aromatic N) is 5. The topological polar surface area (TPSA) is 40.6 Å². The Balaban J connectivity index is 0.731. The Labute approximate surface area is 514 Å². The zero-order valence-electron chi connectivity index (χ0n) is 46.9. The molecule has 8 heteroatoms. The number of aromatic nitrogens is 5.